The minimum absolute atomic E-state index is 0. The Labute approximate surface area is 130 Å². The number of rotatable bonds is 4. The van der Waals surface area contributed by atoms with Crippen molar-refractivity contribution in [3.8, 4) is 5.75 Å². The molecule has 0 aromatic heterocycles. The number of thioether (sulfide) groups is 1. The first kappa shape index (κ1) is 17.1. The third-order valence-electron chi connectivity index (χ3n) is 3.20. The molecule has 4 nitrogen and oxygen atoms in total. The minimum Gasteiger partial charge on any atom is -0.508 e. The van der Waals surface area contributed by atoms with Crippen molar-refractivity contribution in [3.63, 3.8) is 0 Å². The van der Waals surface area contributed by atoms with E-state index in [9.17, 15) is 9.90 Å². The highest BCUT2D eigenvalue weighted by Gasteiger charge is 2.19. The molecule has 0 spiro atoms. The number of carbonyl (C=O) groups excluding carboxylic acids is 1. The lowest BCUT2D eigenvalue weighted by Crippen LogP contribution is -2.47. The average molecular weight is 317 g/mol. The number of hydrogen-bond donors (Lipinski definition) is 3. The highest BCUT2D eigenvalue weighted by Crippen LogP contribution is 2.20. The third-order valence-corrected chi connectivity index (χ3v) is 4.21. The van der Waals surface area contributed by atoms with Crippen LogP contribution in [0.15, 0.2) is 29.2 Å². The van der Waals surface area contributed by atoms with Crippen molar-refractivity contribution in [3.05, 3.63) is 24.3 Å². The Morgan fingerprint density at radius 1 is 1.45 bits per heavy atom. The van der Waals surface area contributed by atoms with Crippen LogP contribution in [0.4, 0.5) is 0 Å². The number of amides is 1. The summed E-state index contributed by atoms with van der Waals surface area (Å²) in [4.78, 5) is 12.8. The molecule has 1 aliphatic heterocycles. The molecular formula is C14H21ClN2O2S. The van der Waals surface area contributed by atoms with E-state index in [0.29, 0.717) is 17.8 Å². The number of phenolic OH excluding ortho intramolecular Hbond substituents is 1. The van der Waals surface area contributed by atoms with E-state index in [4.69, 9.17) is 0 Å². The molecule has 1 aliphatic rings. The van der Waals surface area contributed by atoms with Crippen LogP contribution in [-0.2, 0) is 4.79 Å². The summed E-state index contributed by atoms with van der Waals surface area (Å²) in [7, 11) is 0. The molecule has 2 unspecified atom stereocenters. The Kier molecular flexibility index (Phi) is 7.19. The highest BCUT2D eigenvalue weighted by atomic mass is 35.5. The molecule has 112 valence electrons. The lowest BCUT2D eigenvalue weighted by molar-refractivity contribution is -0.119. The fourth-order valence-electron chi connectivity index (χ4n) is 2.22. The molecule has 1 saturated heterocycles. The van der Waals surface area contributed by atoms with Crippen LogP contribution >= 0.6 is 24.2 Å². The normalized spacial score (nSPS) is 21.9. The van der Waals surface area contributed by atoms with Gasteiger partial charge in [-0.15, -0.1) is 24.2 Å². The number of phenols is 1. The molecule has 1 aromatic rings. The van der Waals surface area contributed by atoms with E-state index >= 15 is 0 Å². The molecule has 2 rings (SSSR count). The van der Waals surface area contributed by atoms with Gasteiger partial charge >= 0.3 is 0 Å². The fourth-order valence-corrected chi connectivity index (χ4v) is 2.93. The average Bonchev–Trinajstić information content (AvgIpc) is 2.38. The molecule has 0 bridgehead atoms. The Hall–Kier alpha value is -0.910. The van der Waals surface area contributed by atoms with E-state index in [1.165, 1.54) is 11.8 Å². The fraction of sp³-hybridized carbons (Fsp3) is 0.500. The van der Waals surface area contributed by atoms with Gasteiger partial charge in [-0.2, -0.15) is 0 Å². The van der Waals surface area contributed by atoms with Gasteiger partial charge in [0.05, 0.1) is 5.75 Å². The van der Waals surface area contributed by atoms with Gasteiger partial charge in [0.25, 0.3) is 0 Å². The lowest BCUT2D eigenvalue weighted by Gasteiger charge is -2.28. The summed E-state index contributed by atoms with van der Waals surface area (Å²) in [5.74, 6) is 0.748. The van der Waals surface area contributed by atoms with Crippen molar-refractivity contribution >= 4 is 30.1 Å². The Morgan fingerprint density at radius 2 is 2.15 bits per heavy atom. The maximum atomic E-state index is 11.9. The monoisotopic (exact) mass is 316 g/mol. The van der Waals surface area contributed by atoms with Crippen LogP contribution in [0.3, 0.4) is 0 Å². The number of hydrogen-bond acceptors (Lipinski definition) is 4. The van der Waals surface area contributed by atoms with Gasteiger partial charge in [0.2, 0.25) is 5.91 Å². The summed E-state index contributed by atoms with van der Waals surface area (Å²) in [6.45, 7) is 3.11. The van der Waals surface area contributed by atoms with Gasteiger partial charge in [-0.25, -0.2) is 0 Å². The van der Waals surface area contributed by atoms with Gasteiger partial charge in [0.1, 0.15) is 5.75 Å². The van der Waals surface area contributed by atoms with E-state index in [1.54, 1.807) is 12.1 Å². The second kappa shape index (κ2) is 8.39. The Morgan fingerprint density at radius 3 is 2.80 bits per heavy atom. The van der Waals surface area contributed by atoms with Crippen LogP contribution in [0.25, 0.3) is 0 Å². The topological polar surface area (TPSA) is 61.4 Å². The largest absolute Gasteiger partial charge is 0.508 e. The second-order valence-corrected chi connectivity index (χ2v) is 5.98. The molecule has 1 heterocycles. The summed E-state index contributed by atoms with van der Waals surface area (Å²) in [5.41, 5.74) is 0. The Balaban J connectivity index is 0.00000200. The van der Waals surface area contributed by atoms with E-state index in [1.807, 2.05) is 12.1 Å². The summed E-state index contributed by atoms with van der Waals surface area (Å²) in [5, 5.41) is 15.6. The van der Waals surface area contributed by atoms with Gasteiger partial charge in [0.15, 0.2) is 0 Å². The van der Waals surface area contributed by atoms with Crippen LogP contribution in [0.2, 0.25) is 0 Å². The van der Waals surface area contributed by atoms with E-state index < -0.39 is 0 Å². The van der Waals surface area contributed by atoms with Gasteiger partial charge < -0.3 is 15.7 Å². The van der Waals surface area contributed by atoms with Crippen molar-refractivity contribution in [1.29, 1.82) is 0 Å². The molecule has 2 atom stereocenters. The molecule has 20 heavy (non-hydrogen) atoms. The van der Waals surface area contributed by atoms with Crippen molar-refractivity contribution in [2.75, 3.05) is 12.3 Å². The number of nitrogens with one attached hydrogen (secondary N) is 2. The molecule has 1 amide bonds. The van der Waals surface area contributed by atoms with E-state index in [2.05, 4.69) is 17.6 Å². The quantitative estimate of drug-likeness (QED) is 0.745. The van der Waals surface area contributed by atoms with Gasteiger partial charge in [0, 0.05) is 17.0 Å². The first-order valence-electron chi connectivity index (χ1n) is 6.58. The summed E-state index contributed by atoms with van der Waals surface area (Å²) in [6, 6.07) is 7.68. The Bertz CT molecular complexity index is 428. The zero-order valence-electron chi connectivity index (χ0n) is 11.5. The summed E-state index contributed by atoms with van der Waals surface area (Å²) in [6.07, 6.45) is 2.00. The third kappa shape index (κ3) is 5.61. The molecular weight excluding hydrogens is 296 g/mol. The molecule has 0 saturated carbocycles. The first-order chi connectivity index (χ1) is 9.13. The van der Waals surface area contributed by atoms with Crippen molar-refractivity contribution in [2.24, 2.45) is 0 Å². The van der Waals surface area contributed by atoms with Crippen LogP contribution in [0.5, 0.6) is 5.75 Å². The van der Waals surface area contributed by atoms with Crippen molar-refractivity contribution in [1.82, 2.24) is 10.6 Å². The van der Waals surface area contributed by atoms with Crippen molar-refractivity contribution < 1.29 is 9.90 Å². The van der Waals surface area contributed by atoms with Gasteiger partial charge in [-0.05, 0) is 50.6 Å². The van der Waals surface area contributed by atoms with Gasteiger partial charge in [-0.3, -0.25) is 4.79 Å². The van der Waals surface area contributed by atoms with Crippen molar-refractivity contribution in [2.45, 2.75) is 36.7 Å². The van der Waals surface area contributed by atoms with Crippen LogP contribution in [0.1, 0.15) is 19.8 Å². The zero-order valence-corrected chi connectivity index (χ0v) is 13.1. The second-order valence-electron chi connectivity index (χ2n) is 4.93. The summed E-state index contributed by atoms with van der Waals surface area (Å²) >= 11 is 1.49. The molecule has 1 fully saturated rings. The highest BCUT2D eigenvalue weighted by molar-refractivity contribution is 8.00. The first-order valence-corrected chi connectivity index (χ1v) is 7.56. The maximum Gasteiger partial charge on any atom is 0.230 e. The number of benzene rings is 1. The van der Waals surface area contributed by atoms with Crippen LogP contribution in [-0.4, -0.2) is 35.4 Å². The summed E-state index contributed by atoms with van der Waals surface area (Å²) < 4.78 is 0. The number of halogens is 1. The van der Waals surface area contributed by atoms with E-state index in [-0.39, 0.29) is 24.1 Å². The standard InChI is InChI=1S/C14H20N2O2S.ClH/c1-10-8-11(6-7-15-10)16-14(18)9-19-13-4-2-12(17)3-5-13;/h2-5,10-11,15,17H,6-9H2,1H3,(H,16,18);1H. The SMILES string of the molecule is CC1CC(NC(=O)CSc2ccc(O)cc2)CCN1.Cl. The van der Waals surface area contributed by atoms with Gasteiger partial charge in [-0.1, -0.05) is 0 Å². The lowest BCUT2D eigenvalue weighted by atomic mass is 10.0. The molecule has 6 heteroatoms. The number of piperidine rings is 1. The maximum absolute atomic E-state index is 11.9. The molecule has 0 aliphatic carbocycles. The zero-order chi connectivity index (χ0) is 13.7. The van der Waals surface area contributed by atoms with Crippen LogP contribution in [0, 0.1) is 0 Å². The smallest absolute Gasteiger partial charge is 0.230 e. The predicted molar refractivity (Wildman–Crippen MR) is 84.7 cm³/mol. The minimum atomic E-state index is 0. The number of aromatic hydroxyl groups is 1. The molecule has 1 aromatic carbocycles. The number of carbonyl (C=O) groups is 1. The van der Waals surface area contributed by atoms with E-state index in [0.717, 1.165) is 24.3 Å². The molecule has 3 N–H and O–H groups in total. The predicted octanol–water partition coefficient (Wildman–Crippen LogP) is 2.16. The van der Waals surface area contributed by atoms with Crippen LogP contribution < -0.4 is 10.6 Å². The molecule has 0 radical (unpaired) electrons.